The highest BCUT2D eigenvalue weighted by atomic mass is 16.2. The number of nitriles is 1. The number of hydrogen-bond donors (Lipinski definition) is 0. The zero-order chi connectivity index (χ0) is 14.5. The van der Waals surface area contributed by atoms with Crippen molar-refractivity contribution < 1.29 is 4.79 Å². The van der Waals surface area contributed by atoms with E-state index in [1.54, 1.807) is 11.9 Å². The van der Waals surface area contributed by atoms with Gasteiger partial charge in [-0.15, -0.1) is 0 Å². The summed E-state index contributed by atoms with van der Waals surface area (Å²) in [5, 5.41) is 11.0. The molecule has 0 N–H and O–H groups in total. The van der Waals surface area contributed by atoms with Gasteiger partial charge in [0.15, 0.2) is 0 Å². The Morgan fingerprint density at radius 3 is 2.65 bits per heavy atom. The first kappa shape index (κ1) is 14.1. The molecule has 2 rings (SSSR count). The van der Waals surface area contributed by atoms with Gasteiger partial charge in [0.05, 0.1) is 6.07 Å². The molecule has 0 unspecified atom stereocenters. The monoisotopic (exact) mass is 266 g/mol. The highest BCUT2D eigenvalue weighted by Gasteiger charge is 2.07. The predicted octanol–water partition coefficient (Wildman–Crippen LogP) is 3.06. The molecule has 0 aromatic heterocycles. The number of nitrogens with zero attached hydrogens (tertiary/aromatic N) is 2. The van der Waals surface area contributed by atoms with Crippen molar-refractivity contribution in [2.24, 2.45) is 0 Å². The van der Waals surface area contributed by atoms with Crippen LogP contribution in [-0.2, 0) is 11.2 Å². The van der Waals surface area contributed by atoms with Crippen LogP contribution in [0.2, 0.25) is 0 Å². The summed E-state index contributed by atoms with van der Waals surface area (Å²) in [6.45, 7) is 2.72. The Morgan fingerprint density at radius 1 is 1.20 bits per heavy atom. The zero-order valence-corrected chi connectivity index (χ0v) is 11.9. The first-order valence-corrected chi connectivity index (χ1v) is 6.70. The number of amides is 1. The number of hydrogen-bond acceptors (Lipinski definition) is 2. The van der Waals surface area contributed by atoms with Crippen molar-refractivity contribution in [3.8, 4) is 6.07 Å². The van der Waals surface area contributed by atoms with E-state index in [2.05, 4.69) is 43.3 Å². The molecule has 3 nitrogen and oxygen atoms in total. The van der Waals surface area contributed by atoms with Crippen LogP contribution in [0.5, 0.6) is 0 Å². The molecule has 0 fully saturated rings. The molecule has 102 valence electrons. The van der Waals surface area contributed by atoms with Crippen molar-refractivity contribution in [1.29, 1.82) is 5.26 Å². The Hall–Kier alpha value is -2.34. The van der Waals surface area contributed by atoms with Gasteiger partial charge < -0.3 is 4.90 Å². The molecule has 0 aliphatic heterocycles. The van der Waals surface area contributed by atoms with Crippen molar-refractivity contribution in [3.63, 3.8) is 0 Å². The molecule has 1 amide bonds. The van der Waals surface area contributed by atoms with Crippen LogP contribution >= 0.6 is 0 Å². The Morgan fingerprint density at radius 2 is 1.90 bits per heavy atom. The van der Waals surface area contributed by atoms with Crippen molar-refractivity contribution in [1.82, 2.24) is 4.90 Å². The highest BCUT2D eigenvalue weighted by Crippen LogP contribution is 2.18. The first-order chi connectivity index (χ1) is 9.60. The minimum absolute atomic E-state index is 0.0481. The lowest BCUT2D eigenvalue weighted by atomic mass is 10.0. The van der Waals surface area contributed by atoms with Gasteiger partial charge >= 0.3 is 0 Å². The maximum Gasteiger partial charge on any atom is 0.236 e. The largest absolute Gasteiger partial charge is 0.345 e. The van der Waals surface area contributed by atoms with E-state index < -0.39 is 0 Å². The fourth-order valence-corrected chi connectivity index (χ4v) is 2.19. The SMILES string of the molecule is Cc1ccc2cc(CCN(C)C(=O)CC#N)ccc2c1. The van der Waals surface area contributed by atoms with Crippen molar-refractivity contribution in [2.45, 2.75) is 19.8 Å². The molecular weight excluding hydrogens is 248 g/mol. The molecule has 2 aromatic carbocycles. The maximum absolute atomic E-state index is 11.5. The van der Waals surface area contributed by atoms with E-state index in [1.165, 1.54) is 21.9 Å². The lowest BCUT2D eigenvalue weighted by Crippen LogP contribution is -2.28. The van der Waals surface area contributed by atoms with Gasteiger partial charge in [0.1, 0.15) is 6.42 Å². The van der Waals surface area contributed by atoms with Gasteiger partial charge in [-0.25, -0.2) is 0 Å². The predicted molar refractivity (Wildman–Crippen MR) is 80.3 cm³/mol. The molecule has 0 bridgehead atoms. The average molecular weight is 266 g/mol. The molecule has 20 heavy (non-hydrogen) atoms. The minimum Gasteiger partial charge on any atom is -0.345 e. The topological polar surface area (TPSA) is 44.1 Å². The molecular formula is C17H18N2O. The molecule has 0 heterocycles. The molecule has 0 aliphatic carbocycles. The van der Waals surface area contributed by atoms with E-state index in [0.29, 0.717) is 6.54 Å². The summed E-state index contributed by atoms with van der Waals surface area (Å²) in [6.07, 6.45) is 0.755. The lowest BCUT2D eigenvalue weighted by molar-refractivity contribution is -0.128. The number of aryl methyl sites for hydroxylation is 1. The molecule has 0 saturated carbocycles. The van der Waals surface area contributed by atoms with Crippen molar-refractivity contribution in [3.05, 3.63) is 47.5 Å². The van der Waals surface area contributed by atoms with Gasteiger partial charge in [-0.2, -0.15) is 5.26 Å². The molecule has 0 spiro atoms. The van der Waals surface area contributed by atoms with Gasteiger partial charge in [0, 0.05) is 13.6 Å². The van der Waals surface area contributed by atoms with Crippen LogP contribution in [0.1, 0.15) is 17.5 Å². The second-order valence-electron chi connectivity index (χ2n) is 5.09. The van der Waals surface area contributed by atoms with Gasteiger partial charge in [0.2, 0.25) is 5.91 Å². The van der Waals surface area contributed by atoms with Crippen molar-refractivity contribution in [2.75, 3.05) is 13.6 Å². The van der Waals surface area contributed by atoms with E-state index in [4.69, 9.17) is 5.26 Å². The second kappa shape index (κ2) is 6.21. The number of fused-ring (bicyclic) bond motifs is 1. The van der Waals surface area contributed by atoms with Crippen LogP contribution in [0.3, 0.4) is 0 Å². The zero-order valence-electron chi connectivity index (χ0n) is 11.9. The first-order valence-electron chi connectivity index (χ1n) is 6.70. The molecule has 2 aromatic rings. The third-order valence-electron chi connectivity index (χ3n) is 3.45. The summed E-state index contributed by atoms with van der Waals surface area (Å²) in [5.74, 6) is -0.121. The number of carbonyl (C=O) groups excluding carboxylic acids is 1. The summed E-state index contributed by atoms with van der Waals surface area (Å²) >= 11 is 0. The summed E-state index contributed by atoms with van der Waals surface area (Å²) < 4.78 is 0. The van der Waals surface area contributed by atoms with Gasteiger partial charge in [-0.05, 0) is 29.7 Å². The Labute approximate surface area is 119 Å². The van der Waals surface area contributed by atoms with E-state index in [-0.39, 0.29) is 12.3 Å². The Kier molecular flexibility index (Phi) is 4.37. The fraction of sp³-hybridized carbons (Fsp3) is 0.294. The van der Waals surface area contributed by atoms with Gasteiger partial charge in [0.25, 0.3) is 0 Å². The Balaban J connectivity index is 2.05. The summed E-state index contributed by atoms with van der Waals surface area (Å²) in [4.78, 5) is 13.1. The van der Waals surface area contributed by atoms with E-state index in [1.807, 2.05) is 6.07 Å². The van der Waals surface area contributed by atoms with E-state index in [0.717, 1.165) is 6.42 Å². The molecule has 0 radical (unpaired) electrons. The fourth-order valence-electron chi connectivity index (χ4n) is 2.19. The molecule has 0 aliphatic rings. The third kappa shape index (κ3) is 3.36. The van der Waals surface area contributed by atoms with Crippen LogP contribution in [-0.4, -0.2) is 24.4 Å². The van der Waals surface area contributed by atoms with Crippen LogP contribution in [0, 0.1) is 18.3 Å². The maximum atomic E-state index is 11.5. The highest BCUT2D eigenvalue weighted by molar-refractivity contribution is 5.83. The quantitative estimate of drug-likeness (QED) is 0.853. The summed E-state index contributed by atoms with van der Waals surface area (Å²) in [5.41, 5.74) is 2.46. The Bertz CT molecular complexity index is 670. The van der Waals surface area contributed by atoms with Crippen LogP contribution in [0.25, 0.3) is 10.8 Å². The number of carbonyl (C=O) groups is 1. The van der Waals surface area contributed by atoms with E-state index in [9.17, 15) is 4.79 Å². The van der Waals surface area contributed by atoms with Crippen LogP contribution in [0.15, 0.2) is 36.4 Å². The smallest absolute Gasteiger partial charge is 0.236 e. The number of likely N-dealkylation sites (N-methyl/N-ethyl adjacent to an activating group) is 1. The van der Waals surface area contributed by atoms with Crippen LogP contribution in [0.4, 0.5) is 0 Å². The second-order valence-corrected chi connectivity index (χ2v) is 5.09. The standard InChI is InChI=1S/C17H18N2O/c1-13-3-5-16-12-14(4-6-15(16)11-13)8-10-19(2)17(20)7-9-18/h3-6,11-12H,7-8,10H2,1-2H3. The molecule has 0 atom stereocenters. The van der Waals surface area contributed by atoms with Gasteiger partial charge in [-0.3, -0.25) is 4.79 Å². The minimum atomic E-state index is -0.121. The third-order valence-corrected chi connectivity index (χ3v) is 3.45. The van der Waals surface area contributed by atoms with Crippen molar-refractivity contribution >= 4 is 16.7 Å². The molecule has 3 heteroatoms. The summed E-state index contributed by atoms with van der Waals surface area (Å²) in [6, 6.07) is 14.7. The lowest BCUT2D eigenvalue weighted by Gasteiger charge is -2.15. The van der Waals surface area contributed by atoms with Crippen LogP contribution < -0.4 is 0 Å². The normalized spacial score (nSPS) is 10.2. The van der Waals surface area contributed by atoms with E-state index >= 15 is 0 Å². The molecule has 0 saturated heterocycles. The average Bonchev–Trinajstić information content (AvgIpc) is 2.44. The number of rotatable bonds is 4. The van der Waals surface area contributed by atoms with Gasteiger partial charge in [-0.1, -0.05) is 42.0 Å². The summed E-state index contributed by atoms with van der Waals surface area (Å²) in [7, 11) is 1.74. The number of benzene rings is 2.